The summed E-state index contributed by atoms with van der Waals surface area (Å²) in [5, 5.41) is 3.24. The van der Waals surface area contributed by atoms with Crippen LogP contribution in [0.4, 0.5) is 0 Å². The van der Waals surface area contributed by atoms with Crippen molar-refractivity contribution in [1.82, 2.24) is 10.2 Å². The largest absolute Gasteiger partial charge is 0.496 e. The van der Waals surface area contributed by atoms with Crippen LogP contribution in [0.1, 0.15) is 24.1 Å². The maximum absolute atomic E-state index is 5.37. The molecule has 1 atom stereocenters. The van der Waals surface area contributed by atoms with Gasteiger partial charge in [0.1, 0.15) is 5.75 Å². The van der Waals surface area contributed by atoms with Gasteiger partial charge in [-0.05, 0) is 45.8 Å². The maximum atomic E-state index is 5.37. The molecular weight excluding hydrogens is 200 g/mol. The fraction of sp³-hybridized carbons (Fsp3) is 0.538. The standard InChI is InChI=1S/C13H22N2O/c1-10(14-2)11-6-7-13(16-5)12(8-11)9-15(3)4/h6-8,10,14H,9H2,1-5H3. The number of methoxy groups -OCH3 is 1. The van der Waals surface area contributed by atoms with E-state index in [0.29, 0.717) is 6.04 Å². The average Bonchev–Trinajstić information content (AvgIpc) is 2.27. The Balaban J connectivity index is 3.00. The summed E-state index contributed by atoms with van der Waals surface area (Å²) in [6, 6.07) is 6.73. The van der Waals surface area contributed by atoms with Crippen LogP contribution in [0.15, 0.2) is 18.2 Å². The Morgan fingerprint density at radius 2 is 2.06 bits per heavy atom. The minimum atomic E-state index is 0.367. The van der Waals surface area contributed by atoms with E-state index in [9.17, 15) is 0 Å². The van der Waals surface area contributed by atoms with Gasteiger partial charge in [0.05, 0.1) is 7.11 Å². The van der Waals surface area contributed by atoms with Crippen molar-refractivity contribution in [3.63, 3.8) is 0 Å². The molecule has 0 spiro atoms. The lowest BCUT2D eigenvalue weighted by Crippen LogP contribution is -2.15. The van der Waals surface area contributed by atoms with Crippen LogP contribution in [0.3, 0.4) is 0 Å². The third-order valence-electron chi connectivity index (χ3n) is 2.72. The molecule has 3 nitrogen and oxygen atoms in total. The second kappa shape index (κ2) is 5.87. The topological polar surface area (TPSA) is 24.5 Å². The first-order valence-electron chi connectivity index (χ1n) is 5.57. The lowest BCUT2D eigenvalue weighted by molar-refractivity contribution is 0.371. The molecular formula is C13H22N2O. The Bertz CT molecular complexity index is 337. The van der Waals surface area contributed by atoms with E-state index < -0.39 is 0 Å². The van der Waals surface area contributed by atoms with Crippen molar-refractivity contribution >= 4 is 0 Å². The summed E-state index contributed by atoms with van der Waals surface area (Å²) in [7, 11) is 7.82. The van der Waals surface area contributed by atoms with Crippen LogP contribution in [0.5, 0.6) is 5.75 Å². The molecule has 0 radical (unpaired) electrons. The van der Waals surface area contributed by atoms with E-state index in [-0.39, 0.29) is 0 Å². The number of hydrogen-bond donors (Lipinski definition) is 1. The fourth-order valence-corrected chi connectivity index (χ4v) is 1.70. The van der Waals surface area contributed by atoms with E-state index in [0.717, 1.165) is 12.3 Å². The summed E-state index contributed by atoms with van der Waals surface area (Å²) in [5.74, 6) is 0.959. The zero-order valence-corrected chi connectivity index (χ0v) is 10.9. The van der Waals surface area contributed by atoms with Gasteiger partial charge in [-0.1, -0.05) is 6.07 Å². The van der Waals surface area contributed by atoms with Gasteiger partial charge < -0.3 is 15.0 Å². The molecule has 0 aromatic heterocycles. The molecule has 0 saturated heterocycles. The summed E-state index contributed by atoms with van der Waals surface area (Å²) in [4.78, 5) is 2.14. The molecule has 0 aliphatic carbocycles. The van der Waals surface area contributed by atoms with Crippen molar-refractivity contribution in [1.29, 1.82) is 0 Å². The number of benzene rings is 1. The summed E-state index contributed by atoms with van der Waals surface area (Å²) >= 11 is 0. The number of hydrogen-bond acceptors (Lipinski definition) is 3. The van der Waals surface area contributed by atoms with Crippen LogP contribution < -0.4 is 10.1 Å². The normalized spacial score (nSPS) is 12.9. The van der Waals surface area contributed by atoms with Gasteiger partial charge in [0, 0.05) is 18.2 Å². The SMILES string of the molecule is CNC(C)c1ccc(OC)c(CN(C)C)c1. The molecule has 1 aromatic carbocycles. The molecule has 1 unspecified atom stereocenters. The third kappa shape index (κ3) is 3.22. The summed E-state index contributed by atoms with van der Waals surface area (Å²) in [6.45, 7) is 3.05. The highest BCUT2D eigenvalue weighted by atomic mass is 16.5. The predicted molar refractivity (Wildman–Crippen MR) is 67.9 cm³/mol. The van der Waals surface area contributed by atoms with Crippen LogP contribution in [-0.4, -0.2) is 33.2 Å². The molecule has 0 aliphatic heterocycles. The van der Waals surface area contributed by atoms with Crippen molar-refractivity contribution in [2.75, 3.05) is 28.3 Å². The Kier molecular flexibility index (Phi) is 4.77. The van der Waals surface area contributed by atoms with Crippen molar-refractivity contribution in [2.24, 2.45) is 0 Å². The molecule has 0 bridgehead atoms. The van der Waals surface area contributed by atoms with Gasteiger partial charge in [-0.25, -0.2) is 0 Å². The van der Waals surface area contributed by atoms with Crippen molar-refractivity contribution in [3.8, 4) is 5.75 Å². The second-order valence-electron chi connectivity index (χ2n) is 4.32. The van der Waals surface area contributed by atoms with Gasteiger partial charge in [0.15, 0.2) is 0 Å². The summed E-state index contributed by atoms with van der Waals surface area (Å²) in [5.41, 5.74) is 2.52. The van der Waals surface area contributed by atoms with Gasteiger partial charge in [-0.2, -0.15) is 0 Å². The van der Waals surface area contributed by atoms with Crippen LogP contribution in [0.2, 0.25) is 0 Å². The highest BCUT2D eigenvalue weighted by molar-refractivity contribution is 5.38. The van der Waals surface area contributed by atoms with Gasteiger partial charge >= 0.3 is 0 Å². The number of rotatable bonds is 5. The van der Waals surface area contributed by atoms with Crippen LogP contribution in [-0.2, 0) is 6.54 Å². The Morgan fingerprint density at radius 3 is 2.56 bits per heavy atom. The highest BCUT2D eigenvalue weighted by Crippen LogP contribution is 2.24. The average molecular weight is 222 g/mol. The minimum Gasteiger partial charge on any atom is -0.496 e. The first-order valence-corrected chi connectivity index (χ1v) is 5.57. The molecule has 1 aromatic rings. The molecule has 3 heteroatoms. The number of ether oxygens (including phenoxy) is 1. The Morgan fingerprint density at radius 1 is 1.38 bits per heavy atom. The van der Waals surface area contributed by atoms with E-state index in [2.05, 4.69) is 43.4 Å². The molecule has 16 heavy (non-hydrogen) atoms. The lowest BCUT2D eigenvalue weighted by Gasteiger charge is -2.17. The molecule has 0 fully saturated rings. The van der Waals surface area contributed by atoms with E-state index in [1.54, 1.807) is 7.11 Å². The molecule has 0 heterocycles. The zero-order chi connectivity index (χ0) is 12.1. The molecule has 0 amide bonds. The van der Waals surface area contributed by atoms with Crippen molar-refractivity contribution in [2.45, 2.75) is 19.5 Å². The quantitative estimate of drug-likeness (QED) is 0.825. The lowest BCUT2D eigenvalue weighted by atomic mass is 10.0. The molecule has 1 rings (SSSR count). The van der Waals surface area contributed by atoms with Gasteiger partial charge in [0.2, 0.25) is 0 Å². The van der Waals surface area contributed by atoms with E-state index in [1.807, 2.05) is 13.1 Å². The summed E-state index contributed by atoms with van der Waals surface area (Å²) < 4.78 is 5.37. The molecule has 1 N–H and O–H groups in total. The monoisotopic (exact) mass is 222 g/mol. The second-order valence-corrected chi connectivity index (χ2v) is 4.32. The predicted octanol–water partition coefficient (Wildman–Crippen LogP) is 2.04. The molecule has 90 valence electrons. The molecule has 0 saturated carbocycles. The van der Waals surface area contributed by atoms with Crippen LogP contribution in [0, 0.1) is 0 Å². The summed E-state index contributed by atoms with van der Waals surface area (Å²) in [6.07, 6.45) is 0. The minimum absolute atomic E-state index is 0.367. The van der Waals surface area contributed by atoms with Gasteiger partial charge in [0.25, 0.3) is 0 Å². The number of nitrogens with zero attached hydrogens (tertiary/aromatic N) is 1. The Labute approximate surface area is 98.4 Å². The van der Waals surface area contributed by atoms with Crippen LogP contribution >= 0.6 is 0 Å². The van der Waals surface area contributed by atoms with Crippen molar-refractivity contribution < 1.29 is 4.74 Å². The van der Waals surface area contributed by atoms with E-state index >= 15 is 0 Å². The first-order chi connectivity index (χ1) is 7.58. The Hall–Kier alpha value is -1.06. The third-order valence-corrected chi connectivity index (χ3v) is 2.72. The van der Waals surface area contributed by atoms with E-state index in [1.165, 1.54) is 11.1 Å². The maximum Gasteiger partial charge on any atom is 0.123 e. The van der Waals surface area contributed by atoms with Gasteiger partial charge in [-0.15, -0.1) is 0 Å². The molecule has 0 aliphatic rings. The fourth-order valence-electron chi connectivity index (χ4n) is 1.70. The zero-order valence-electron chi connectivity index (χ0n) is 10.9. The van der Waals surface area contributed by atoms with Crippen molar-refractivity contribution in [3.05, 3.63) is 29.3 Å². The smallest absolute Gasteiger partial charge is 0.123 e. The van der Waals surface area contributed by atoms with Gasteiger partial charge in [-0.3, -0.25) is 0 Å². The first kappa shape index (κ1) is 13.0. The number of nitrogens with one attached hydrogen (secondary N) is 1. The van der Waals surface area contributed by atoms with Crippen LogP contribution in [0.25, 0.3) is 0 Å². The highest BCUT2D eigenvalue weighted by Gasteiger charge is 2.08. The van der Waals surface area contributed by atoms with E-state index in [4.69, 9.17) is 4.74 Å².